The van der Waals surface area contributed by atoms with E-state index >= 15 is 0 Å². The van der Waals surface area contributed by atoms with E-state index in [2.05, 4.69) is 4.90 Å². The lowest BCUT2D eigenvalue weighted by atomic mass is 10.1. The molecule has 0 aromatic heterocycles. The molecule has 1 aliphatic heterocycles. The number of likely N-dealkylation sites (N-methyl/N-ethyl adjacent to an activating group) is 1. The van der Waals surface area contributed by atoms with Crippen molar-refractivity contribution >= 4 is 17.5 Å². The monoisotopic (exact) mass is 296 g/mol. The third-order valence-corrected chi connectivity index (χ3v) is 4.04. The van der Waals surface area contributed by atoms with Crippen LogP contribution in [0.1, 0.15) is 18.6 Å². The highest BCUT2D eigenvalue weighted by Gasteiger charge is 2.30. The fourth-order valence-electron chi connectivity index (χ4n) is 2.48. The van der Waals surface area contributed by atoms with Gasteiger partial charge in [-0.2, -0.15) is 0 Å². The largest absolute Gasteiger partial charge is 0.371 e. The highest BCUT2D eigenvalue weighted by atomic mass is 35.5. The van der Waals surface area contributed by atoms with Gasteiger partial charge in [-0.1, -0.05) is 29.8 Å². The molecule has 1 fully saturated rings. The Labute approximate surface area is 125 Å². The standard InChI is InChI=1S/C15H21ClN2O2/c1-11(15(19)17(2)3)18-8-9-20-14(10-18)12-6-4-5-7-13(12)16/h4-7,11,14H,8-10H2,1-3H3/t11-,14-/m1/s1. The molecule has 1 aliphatic rings. The third-order valence-electron chi connectivity index (χ3n) is 3.70. The molecule has 0 saturated carbocycles. The molecule has 0 N–H and O–H groups in total. The first kappa shape index (κ1) is 15.3. The predicted molar refractivity (Wildman–Crippen MR) is 79.9 cm³/mol. The Kier molecular flexibility index (Phi) is 5.02. The van der Waals surface area contributed by atoms with E-state index in [4.69, 9.17) is 16.3 Å². The van der Waals surface area contributed by atoms with Crippen molar-refractivity contribution in [1.82, 2.24) is 9.80 Å². The smallest absolute Gasteiger partial charge is 0.239 e. The van der Waals surface area contributed by atoms with Crippen molar-refractivity contribution in [3.05, 3.63) is 34.9 Å². The Morgan fingerprint density at radius 2 is 2.15 bits per heavy atom. The van der Waals surface area contributed by atoms with Crippen LogP contribution in [-0.2, 0) is 9.53 Å². The molecule has 0 aliphatic carbocycles. The van der Waals surface area contributed by atoms with Crippen LogP contribution in [0.5, 0.6) is 0 Å². The van der Waals surface area contributed by atoms with Gasteiger partial charge >= 0.3 is 0 Å². The summed E-state index contributed by atoms with van der Waals surface area (Å²) in [5.41, 5.74) is 0.989. The summed E-state index contributed by atoms with van der Waals surface area (Å²) in [7, 11) is 3.57. The van der Waals surface area contributed by atoms with Crippen LogP contribution in [0.3, 0.4) is 0 Å². The molecule has 5 heteroatoms. The van der Waals surface area contributed by atoms with Gasteiger partial charge < -0.3 is 9.64 Å². The van der Waals surface area contributed by atoms with E-state index in [0.29, 0.717) is 18.2 Å². The number of hydrogen-bond acceptors (Lipinski definition) is 3. The first-order valence-corrected chi connectivity index (χ1v) is 7.19. The molecule has 2 atom stereocenters. The zero-order valence-corrected chi connectivity index (χ0v) is 12.9. The van der Waals surface area contributed by atoms with Crippen LogP contribution in [-0.4, -0.2) is 55.5 Å². The molecule has 4 nitrogen and oxygen atoms in total. The minimum atomic E-state index is -0.140. The van der Waals surface area contributed by atoms with E-state index in [-0.39, 0.29) is 18.1 Å². The number of nitrogens with zero attached hydrogens (tertiary/aromatic N) is 2. The van der Waals surface area contributed by atoms with Crippen molar-refractivity contribution in [2.24, 2.45) is 0 Å². The quantitative estimate of drug-likeness (QED) is 0.857. The Balaban J connectivity index is 2.09. The van der Waals surface area contributed by atoms with Crippen LogP contribution in [0.2, 0.25) is 5.02 Å². The van der Waals surface area contributed by atoms with Crippen LogP contribution in [0, 0.1) is 0 Å². The third kappa shape index (κ3) is 3.32. The van der Waals surface area contributed by atoms with Crippen molar-refractivity contribution in [1.29, 1.82) is 0 Å². The van der Waals surface area contributed by atoms with Crippen LogP contribution in [0.4, 0.5) is 0 Å². The Hall–Kier alpha value is -1.10. The number of hydrogen-bond donors (Lipinski definition) is 0. The number of amides is 1. The second-order valence-corrected chi connectivity index (χ2v) is 5.69. The van der Waals surface area contributed by atoms with E-state index < -0.39 is 0 Å². The fraction of sp³-hybridized carbons (Fsp3) is 0.533. The molecule has 2 rings (SSSR count). The first-order chi connectivity index (χ1) is 9.50. The zero-order valence-electron chi connectivity index (χ0n) is 12.2. The van der Waals surface area contributed by atoms with Crippen LogP contribution < -0.4 is 0 Å². The van der Waals surface area contributed by atoms with Gasteiger partial charge in [-0.25, -0.2) is 0 Å². The second kappa shape index (κ2) is 6.57. The summed E-state index contributed by atoms with van der Waals surface area (Å²) >= 11 is 6.22. The molecule has 1 saturated heterocycles. The van der Waals surface area contributed by atoms with Gasteiger partial charge in [0.05, 0.1) is 18.8 Å². The zero-order chi connectivity index (χ0) is 14.7. The Morgan fingerprint density at radius 1 is 1.45 bits per heavy atom. The average molecular weight is 297 g/mol. The molecule has 1 aromatic rings. The number of morpholine rings is 1. The topological polar surface area (TPSA) is 32.8 Å². The minimum Gasteiger partial charge on any atom is -0.371 e. The lowest BCUT2D eigenvalue weighted by molar-refractivity contribution is -0.137. The molecule has 0 bridgehead atoms. The molecule has 1 heterocycles. The van der Waals surface area contributed by atoms with Crippen molar-refractivity contribution in [3.63, 3.8) is 0 Å². The van der Waals surface area contributed by atoms with Gasteiger partial charge in [-0.05, 0) is 13.0 Å². The molecule has 20 heavy (non-hydrogen) atoms. The summed E-state index contributed by atoms with van der Waals surface area (Å²) in [6.45, 7) is 4.00. The lowest BCUT2D eigenvalue weighted by Gasteiger charge is -2.37. The van der Waals surface area contributed by atoms with E-state index in [1.807, 2.05) is 31.2 Å². The van der Waals surface area contributed by atoms with Crippen molar-refractivity contribution in [2.45, 2.75) is 19.1 Å². The summed E-state index contributed by atoms with van der Waals surface area (Å²) in [6, 6.07) is 7.57. The van der Waals surface area contributed by atoms with E-state index in [0.717, 1.165) is 12.1 Å². The van der Waals surface area contributed by atoms with Gasteiger partial charge in [0.1, 0.15) is 0 Å². The fourth-order valence-corrected chi connectivity index (χ4v) is 2.73. The van der Waals surface area contributed by atoms with Crippen molar-refractivity contribution in [2.75, 3.05) is 33.8 Å². The molecule has 0 spiro atoms. The van der Waals surface area contributed by atoms with E-state index in [1.54, 1.807) is 19.0 Å². The highest BCUT2D eigenvalue weighted by molar-refractivity contribution is 6.31. The number of ether oxygens (including phenoxy) is 1. The highest BCUT2D eigenvalue weighted by Crippen LogP contribution is 2.29. The van der Waals surface area contributed by atoms with Crippen LogP contribution in [0.25, 0.3) is 0 Å². The maximum atomic E-state index is 12.1. The molecular formula is C15H21ClN2O2. The Morgan fingerprint density at radius 3 is 2.80 bits per heavy atom. The molecule has 0 unspecified atom stereocenters. The number of carbonyl (C=O) groups excluding carboxylic acids is 1. The lowest BCUT2D eigenvalue weighted by Crippen LogP contribution is -2.50. The van der Waals surface area contributed by atoms with Gasteiger partial charge in [0, 0.05) is 37.8 Å². The van der Waals surface area contributed by atoms with Gasteiger partial charge in [0.2, 0.25) is 5.91 Å². The van der Waals surface area contributed by atoms with Crippen molar-refractivity contribution in [3.8, 4) is 0 Å². The number of benzene rings is 1. The van der Waals surface area contributed by atoms with Gasteiger partial charge in [-0.15, -0.1) is 0 Å². The summed E-state index contributed by atoms with van der Waals surface area (Å²) < 4.78 is 5.81. The number of carbonyl (C=O) groups is 1. The molecule has 110 valence electrons. The summed E-state index contributed by atoms with van der Waals surface area (Å²) in [5, 5.41) is 0.714. The van der Waals surface area contributed by atoms with Gasteiger partial charge in [0.15, 0.2) is 0 Å². The summed E-state index contributed by atoms with van der Waals surface area (Å²) in [6.07, 6.45) is -0.0742. The van der Waals surface area contributed by atoms with Crippen molar-refractivity contribution < 1.29 is 9.53 Å². The predicted octanol–water partition coefficient (Wildman–Crippen LogP) is 2.19. The first-order valence-electron chi connectivity index (χ1n) is 6.82. The maximum Gasteiger partial charge on any atom is 0.239 e. The number of rotatable bonds is 3. The van der Waals surface area contributed by atoms with E-state index in [1.165, 1.54) is 0 Å². The van der Waals surface area contributed by atoms with Crippen LogP contribution in [0.15, 0.2) is 24.3 Å². The molecule has 1 amide bonds. The summed E-state index contributed by atoms with van der Waals surface area (Å²) in [5.74, 6) is 0.116. The SMILES string of the molecule is C[C@H](C(=O)N(C)C)N1CCO[C@@H](c2ccccc2Cl)C1. The summed E-state index contributed by atoms with van der Waals surface area (Å²) in [4.78, 5) is 15.9. The Bertz CT molecular complexity index is 479. The number of halogens is 1. The molecular weight excluding hydrogens is 276 g/mol. The maximum absolute atomic E-state index is 12.1. The minimum absolute atomic E-state index is 0.0742. The van der Waals surface area contributed by atoms with Gasteiger partial charge in [0.25, 0.3) is 0 Å². The normalized spacial score (nSPS) is 21.5. The molecule has 1 aromatic carbocycles. The second-order valence-electron chi connectivity index (χ2n) is 5.28. The average Bonchev–Trinajstić information content (AvgIpc) is 2.46. The van der Waals surface area contributed by atoms with E-state index in [9.17, 15) is 4.79 Å². The molecule has 0 radical (unpaired) electrons. The van der Waals surface area contributed by atoms with Crippen LogP contribution >= 0.6 is 11.6 Å². The van der Waals surface area contributed by atoms with Gasteiger partial charge in [-0.3, -0.25) is 9.69 Å².